The van der Waals surface area contributed by atoms with Gasteiger partial charge in [0.2, 0.25) is 5.91 Å². The van der Waals surface area contributed by atoms with Gasteiger partial charge in [0.05, 0.1) is 18.8 Å². The van der Waals surface area contributed by atoms with E-state index in [0.29, 0.717) is 26.2 Å². The van der Waals surface area contributed by atoms with Gasteiger partial charge in [0.25, 0.3) is 0 Å². The van der Waals surface area contributed by atoms with E-state index in [-0.39, 0.29) is 11.8 Å². The Hall–Kier alpha value is -2.14. The second kappa shape index (κ2) is 8.30. The first-order valence-electron chi connectivity index (χ1n) is 9.16. The van der Waals surface area contributed by atoms with Gasteiger partial charge in [-0.15, -0.1) is 0 Å². The van der Waals surface area contributed by atoms with Crippen molar-refractivity contribution in [2.45, 2.75) is 45.7 Å². The first-order valence-corrected chi connectivity index (χ1v) is 9.16. The van der Waals surface area contributed by atoms with Crippen LogP contribution in [-0.4, -0.2) is 40.3 Å². The van der Waals surface area contributed by atoms with Crippen molar-refractivity contribution >= 4 is 5.91 Å². The van der Waals surface area contributed by atoms with E-state index in [1.165, 1.54) is 11.1 Å². The molecule has 0 radical (unpaired) electrons. The molecule has 2 aromatic rings. The molecule has 0 saturated carbocycles. The highest BCUT2D eigenvalue weighted by atomic mass is 16.5. The van der Waals surface area contributed by atoms with Crippen LogP contribution in [0, 0.1) is 0 Å². The molecule has 2 heterocycles. The van der Waals surface area contributed by atoms with Crippen LogP contribution in [0.3, 0.4) is 0 Å². The zero-order chi connectivity index (χ0) is 17.6. The summed E-state index contributed by atoms with van der Waals surface area (Å²) in [7, 11) is 0. The summed E-state index contributed by atoms with van der Waals surface area (Å²) in [5.41, 5.74) is 3.46. The largest absolute Gasteiger partial charge is 0.381 e. The van der Waals surface area contributed by atoms with E-state index in [1.807, 2.05) is 34.7 Å². The number of fused-ring (bicyclic) bond motifs is 1. The van der Waals surface area contributed by atoms with Crippen molar-refractivity contribution in [2.75, 3.05) is 19.8 Å². The summed E-state index contributed by atoms with van der Waals surface area (Å²) in [4.78, 5) is 14.7. The van der Waals surface area contributed by atoms with Crippen molar-refractivity contribution in [2.24, 2.45) is 0 Å². The number of carbonyl (C=O) groups is 1. The SMILES string of the molecule is CCOC[C@H]1CN(C(=O)CCc2ccccc2)Cc2nn(CC)cc21. The van der Waals surface area contributed by atoms with E-state index in [4.69, 9.17) is 4.74 Å². The Morgan fingerprint density at radius 3 is 2.80 bits per heavy atom. The third-order valence-corrected chi connectivity index (χ3v) is 4.76. The van der Waals surface area contributed by atoms with Gasteiger partial charge in [0.1, 0.15) is 0 Å². The summed E-state index contributed by atoms with van der Waals surface area (Å²) in [5.74, 6) is 0.409. The van der Waals surface area contributed by atoms with Crippen LogP contribution in [0.2, 0.25) is 0 Å². The zero-order valence-electron chi connectivity index (χ0n) is 15.1. The van der Waals surface area contributed by atoms with Crippen molar-refractivity contribution in [3.8, 4) is 0 Å². The van der Waals surface area contributed by atoms with Crippen LogP contribution in [0.1, 0.15) is 43.0 Å². The molecule has 0 spiro atoms. The summed E-state index contributed by atoms with van der Waals surface area (Å²) in [6.45, 7) is 7.59. The van der Waals surface area contributed by atoms with E-state index >= 15 is 0 Å². The van der Waals surface area contributed by atoms with Crippen LogP contribution in [-0.2, 0) is 29.0 Å². The third-order valence-electron chi connectivity index (χ3n) is 4.76. The second-order valence-electron chi connectivity index (χ2n) is 6.50. The fraction of sp³-hybridized carbons (Fsp3) is 0.500. The Morgan fingerprint density at radius 2 is 2.08 bits per heavy atom. The Morgan fingerprint density at radius 1 is 1.28 bits per heavy atom. The smallest absolute Gasteiger partial charge is 0.223 e. The minimum Gasteiger partial charge on any atom is -0.381 e. The number of hydrogen-bond acceptors (Lipinski definition) is 3. The average Bonchev–Trinajstić information content (AvgIpc) is 3.08. The van der Waals surface area contributed by atoms with Gasteiger partial charge in [0, 0.05) is 43.8 Å². The van der Waals surface area contributed by atoms with E-state index in [9.17, 15) is 4.79 Å². The fourth-order valence-corrected chi connectivity index (χ4v) is 3.36. The number of carbonyl (C=O) groups excluding carboxylic acids is 1. The van der Waals surface area contributed by atoms with Gasteiger partial charge in [-0.1, -0.05) is 30.3 Å². The first-order chi connectivity index (χ1) is 12.2. The Balaban J connectivity index is 1.68. The molecule has 3 rings (SSSR count). The van der Waals surface area contributed by atoms with Gasteiger partial charge in [-0.05, 0) is 25.8 Å². The lowest BCUT2D eigenvalue weighted by Gasteiger charge is -2.32. The lowest BCUT2D eigenvalue weighted by molar-refractivity contribution is -0.132. The second-order valence-corrected chi connectivity index (χ2v) is 6.50. The Bertz CT molecular complexity index is 696. The standard InChI is InChI=1S/C20H27N3O2/c1-3-23-13-18-17(15-25-4-2)12-22(14-19(18)21-23)20(24)11-10-16-8-6-5-7-9-16/h5-9,13,17H,3-4,10-12,14-15H2,1-2H3/t17-/m1/s1. The van der Waals surface area contributed by atoms with Crippen LogP contribution < -0.4 is 0 Å². The molecule has 5 nitrogen and oxygen atoms in total. The van der Waals surface area contributed by atoms with Crippen LogP contribution in [0.25, 0.3) is 0 Å². The van der Waals surface area contributed by atoms with Crippen molar-refractivity contribution in [1.29, 1.82) is 0 Å². The minimum atomic E-state index is 0.196. The number of amides is 1. The molecule has 0 aliphatic carbocycles. The molecule has 1 aromatic heterocycles. The highest BCUT2D eigenvalue weighted by Gasteiger charge is 2.30. The fourth-order valence-electron chi connectivity index (χ4n) is 3.36. The summed E-state index contributed by atoms with van der Waals surface area (Å²) >= 11 is 0. The van der Waals surface area contributed by atoms with E-state index in [0.717, 1.165) is 25.2 Å². The van der Waals surface area contributed by atoms with Gasteiger partial charge in [-0.3, -0.25) is 9.48 Å². The van der Waals surface area contributed by atoms with Crippen LogP contribution in [0.4, 0.5) is 0 Å². The maximum Gasteiger partial charge on any atom is 0.223 e. The summed E-state index contributed by atoms with van der Waals surface area (Å²) in [6, 6.07) is 10.2. The zero-order valence-corrected chi connectivity index (χ0v) is 15.1. The van der Waals surface area contributed by atoms with Crippen molar-refractivity contribution in [3.63, 3.8) is 0 Å². The number of benzene rings is 1. The van der Waals surface area contributed by atoms with Gasteiger partial charge in [0.15, 0.2) is 0 Å². The molecule has 0 N–H and O–H groups in total. The summed E-state index contributed by atoms with van der Waals surface area (Å²) in [5, 5.41) is 4.65. The molecular formula is C20H27N3O2. The Kier molecular flexibility index (Phi) is 5.87. The molecule has 1 aliphatic rings. The maximum absolute atomic E-state index is 12.7. The number of hydrogen-bond donors (Lipinski definition) is 0. The lowest BCUT2D eigenvalue weighted by atomic mass is 9.95. The molecule has 1 aromatic carbocycles. The van der Waals surface area contributed by atoms with Crippen molar-refractivity contribution in [1.82, 2.24) is 14.7 Å². The third kappa shape index (κ3) is 4.28. The van der Waals surface area contributed by atoms with Crippen LogP contribution >= 0.6 is 0 Å². The van der Waals surface area contributed by atoms with Gasteiger partial charge in [-0.25, -0.2) is 0 Å². The van der Waals surface area contributed by atoms with E-state index < -0.39 is 0 Å². The summed E-state index contributed by atoms with van der Waals surface area (Å²) < 4.78 is 7.61. The van der Waals surface area contributed by atoms with Crippen LogP contribution in [0.15, 0.2) is 36.5 Å². The molecule has 0 fully saturated rings. The number of nitrogens with zero attached hydrogens (tertiary/aromatic N) is 3. The number of aryl methyl sites for hydroxylation is 2. The van der Waals surface area contributed by atoms with Gasteiger partial charge < -0.3 is 9.64 Å². The minimum absolute atomic E-state index is 0.196. The molecule has 1 atom stereocenters. The predicted octanol–water partition coefficient (Wildman–Crippen LogP) is 3.00. The molecule has 134 valence electrons. The molecule has 1 amide bonds. The number of rotatable bonds is 7. The highest BCUT2D eigenvalue weighted by Crippen LogP contribution is 2.28. The topological polar surface area (TPSA) is 47.4 Å². The highest BCUT2D eigenvalue weighted by molar-refractivity contribution is 5.76. The van der Waals surface area contributed by atoms with Gasteiger partial charge in [-0.2, -0.15) is 5.10 Å². The molecule has 0 unspecified atom stereocenters. The van der Waals surface area contributed by atoms with Crippen molar-refractivity contribution in [3.05, 3.63) is 53.3 Å². The molecule has 0 saturated heterocycles. The van der Waals surface area contributed by atoms with Gasteiger partial charge >= 0.3 is 0 Å². The molecule has 0 bridgehead atoms. The summed E-state index contributed by atoms with van der Waals surface area (Å²) in [6.07, 6.45) is 3.43. The normalized spacial score (nSPS) is 16.7. The van der Waals surface area contributed by atoms with E-state index in [1.54, 1.807) is 0 Å². The molecule has 1 aliphatic heterocycles. The molecular weight excluding hydrogens is 314 g/mol. The average molecular weight is 341 g/mol. The Labute approximate surface area is 149 Å². The monoisotopic (exact) mass is 341 g/mol. The van der Waals surface area contributed by atoms with Crippen LogP contribution in [0.5, 0.6) is 0 Å². The lowest BCUT2D eigenvalue weighted by Crippen LogP contribution is -2.39. The molecule has 5 heteroatoms. The number of ether oxygens (including phenoxy) is 1. The van der Waals surface area contributed by atoms with E-state index in [2.05, 4.69) is 30.4 Å². The maximum atomic E-state index is 12.7. The predicted molar refractivity (Wildman–Crippen MR) is 97.3 cm³/mol. The quantitative estimate of drug-likeness (QED) is 0.778. The number of aromatic nitrogens is 2. The first kappa shape index (κ1) is 17.7. The molecule has 25 heavy (non-hydrogen) atoms. The van der Waals surface area contributed by atoms with Crippen molar-refractivity contribution < 1.29 is 9.53 Å².